The van der Waals surface area contributed by atoms with Crippen molar-refractivity contribution in [3.8, 4) is 0 Å². The van der Waals surface area contributed by atoms with E-state index in [1.54, 1.807) is 17.7 Å². The van der Waals surface area contributed by atoms with Crippen LogP contribution in [0.2, 0.25) is 0 Å². The van der Waals surface area contributed by atoms with E-state index in [9.17, 15) is 19.2 Å². The van der Waals surface area contributed by atoms with Crippen LogP contribution >= 0.6 is 0 Å². The van der Waals surface area contributed by atoms with Gasteiger partial charge in [0.2, 0.25) is 11.9 Å². The van der Waals surface area contributed by atoms with Gasteiger partial charge in [0, 0.05) is 73.8 Å². The van der Waals surface area contributed by atoms with E-state index in [0.29, 0.717) is 120 Å². The molecule has 1 aliphatic carbocycles. The molecule has 71 heavy (non-hydrogen) atoms. The summed E-state index contributed by atoms with van der Waals surface area (Å²) in [5.41, 5.74) is 5.24. The summed E-state index contributed by atoms with van der Waals surface area (Å²) in [6, 6.07) is 18.9. The molecule has 2 aliphatic rings. The number of ether oxygens (including phenoxy) is 5. The number of rotatable bonds is 28. The van der Waals surface area contributed by atoms with Gasteiger partial charge in [0.25, 0.3) is 11.5 Å². The Hall–Kier alpha value is -6.35. The minimum atomic E-state index is -0.283. The van der Waals surface area contributed by atoms with E-state index in [-0.39, 0.29) is 34.8 Å². The molecule has 2 amide bonds. The summed E-state index contributed by atoms with van der Waals surface area (Å²) in [4.78, 5) is 69.6. The maximum atomic E-state index is 13.6. The molecule has 1 saturated heterocycles. The van der Waals surface area contributed by atoms with Crippen molar-refractivity contribution in [3.05, 3.63) is 106 Å². The first-order valence-corrected chi connectivity index (χ1v) is 24.6. The molecule has 0 radical (unpaired) electrons. The molecule has 2 aromatic carbocycles. The number of benzene rings is 2. The van der Waals surface area contributed by atoms with Crippen LogP contribution < -0.4 is 31.7 Å². The summed E-state index contributed by atoms with van der Waals surface area (Å²) < 4.78 is 29.7. The molecule has 7 rings (SSSR count). The number of Topliss-reactive ketones (excluding diaryl/α,β-unsaturated/α-hetero) is 1. The number of carbonyl (C=O) groups excluding carboxylic acids is 3. The molecule has 0 bridgehead atoms. The predicted octanol–water partition coefficient (Wildman–Crippen LogP) is 5.55. The Morgan fingerprint density at radius 1 is 0.718 bits per heavy atom. The number of ketones is 1. The van der Waals surface area contributed by atoms with Crippen LogP contribution in [0.5, 0.6) is 0 Å². The monoisotopic (exact) mass is 977 g/mol. The van der Waals surface area contributed by atoms with Crippen LogP contribution in [0, 0.1) is 13.8 Å². The Balaban J connectivity index is 0.661. The van der Waals surface area contributed by atoms with Crippen LogP contribution in [0.25, 0.3) is 11.0 Å². The number of fused-ring (bicyclic) bond motifs is 1. The maximum absolute atomic E-state index is 13.6. The molecule has 19 heteroatoms. The van der Waals surface area contributed by atoms with Crippen LogP contribution in [0.1, 0.15) is 70.5 Å². The minimum absolute atomic E-state index is 0.0000297. The normalized spacial score (nSPS) is 14.2. The van der Waals surface area contributed by atoms with Gasteiger partial charge in [-0.2, -0.15) is 4.98 Å². The molecule has 380 valence electrons. The van der Waals surface area contributed by atoms with Gasteiger partial charge >= 0.3 is 0 Å². The number of nitrogens with one attached hydrogen (secondary N) is 4. The van der Waals surface area contributed by atoms with Crippen LogP contribution in [0.4, 0.5) is 28.8 Å². The molecular formula is C52H68N10O9. The van der Waals surface area contributed by atoms with Gasteiger partial charge in [-0.1, -0.05) is 31.0 Å². The largest absolute Gasteiger partial charge is 0.383 e. The van der Waals surface area contributed by atoms with E-state index >= 15 is 0 Å². The molecule has 2 fully saturated rings. The second-order valence-corrected chi connectivity index (χ2v) is 17.6. The average molecular weight is 977 g/mol. The molecule has 5 aromatic rings. The summed E-state index contributed by atoms with van der Waals surface area (Å²) in [5, 5.41) is 13.1. The number of nitrogens with zero attached hydrogens (tertiary/aromatic N) is 6. The Morgan fingerprint density at radius 2 is 1.37 bits per heavy atom. The zero-order valence-electron chi connectivity index (χ0n) is 41.2. The zero-order chi connectivity index (χ0) is 49.8. The predicted molar refractivity (Wildman–Crippen MR) is 273 cm³/mol. The summed E-state index contributed by atoms with van der Waals surface area (Å²) in [6.07, 6.45) is 7.30. The number of carbonyl (C=O) groups is 3. The summed E-state index contributed by atoms with van der Waals surface area (Å²) in [5.74, 6) is 0.473. The fraction of sp³-hybridized carbons (Fsp3) is 0.481. The Morgan fingerprint density at radius 3 is 1.99 bits per heavy atom. The highest BCUT2D eigenvalue weighted by atomic mass is 16.6. The molecule has 19 nitrogen and oxygen atoms in total. The first-order valence-electron chi connectivity index (χ1n) is 24.6. The van der Waals surface area contributed by atoms with E-state index in [2.05, 4.69) is 41.0 Å². The van der Waals surface area contributed by atoms with Gasteiger partial charge in [0.05, 0.1) is 90.1 Å². The standard InChI is InChI=1S/C52H68N10O9/c1-37-33-41(13-15-44(37)50(65)57-40-9-5-4-6-10-40)53-17-23-67-25-27-69-29-31-71-32-30-70-28-26-68-24-18-54-47(64)36-60-19-21-61(22-20-60)43-14-16-46(55-34-43)58-52-56-35-45-38(2)48(39(3)63)51(66)62(49(45)59-52)42-11-7-8-12-42/h4-6,9-10,13-16,33-35,42,53H,7-8,11-12,17-32,36H2,1-3H3,(H,54,64)(H,57,65)(H,55,56,58,59). The molecule has 0 spiro atoms. The third-order valence-electron chi connectivity index (χ3n) is 12.5. The molecule has 0 unspecified atom stereocenters. The second kappa shape index (κ2) is 27.3. The fourth-order valence-corrected chi connectivity index (χ4v) is 8.75. The topological polar surface area (TPSA) is 213 Å². The van der Waals surface area contributed by atoms with Crippen molar-refractivity contribution in [2.45, 2.75) is 52.5 Å². The first-order chi connectivity index (χ1) is 34.6. The maximum Gasteiger partial charge on any atom is 0.263 e. The van der Waals surface area contributed by atoms with Crippen LogP contribution in [0.15, 0.2) is 77.9 Å². The lowest BCUT2D eigenvalue weighted by molar-refractivity contribution is -0.122. The van der Waals surface area contributed by atoms with Gasteiger partial charge in [-0.25, -0.2) is 9.97 Å². The Bertz CT molecular complexity index is 2570. The zero-order valence-corrected chi connectivity index (χ0v) is 41.2. The number of hydrogen-bond donors (Lipinski definition) is 4. The third kappa shape index (κ3) is 15.6. The van der Waals surface area contributed by atoms with Crippen molar-refractivity contribution in [1.82, 2.24) is 29.7 Å². The lowest BCUT2D eigenvalue weighted by atomic mass is 10.0. The Kier molecular flexibility index (Phi) is 20.2. The van der Waals surface area contributed by atoms with E-state index in [1.807, 2.05) is 73.8 Å². The van der Waals surface area contributed by atoms with Crippen LogP contribution in [-0.2, 0) is 28.5 Å². The van der Waals surface area contributed by atoms with Crippen molar-refractivity contribution in [1.29, 1.82) is 0 Å². The van der Waals surface area contributed by atoms with Gasteiger partial charge in [-0.15, -0.1) is 0 Å². The highest BCUT2D eigenvalue weighted by Gasteiger charge is 2.26. The molecule has 4 N–H and O–H groups in total. The van der Waals surface area contributed by atoms with Crippen molar-refractivity contribution < 1.29 is 38.1 Å². The molecular weight excluding hydrogens is 909 g/mol. The highest BCUT2D eigenvalue weighted by Crippen LogP contribution is 2.32. The molecule has 4 heterocycles. The fourth-order valence-electron chi connectivity index (χ4n) is 8.75. The summed E-state index contributed by atoms with van der Waals surface area (Å²) >= 11 is 0. The number of pyridine rings is 2. The van der Waals surface area contributed by atoms with E-state index in [1.165, 1.54) is 6.92 Å². The van der Waals surface area contributed by atoms with Crippen LogP contribution in [-0.4, -0.2) is 154 Å². The SMILES string of the molecule is CC(=O)c1c(C)c2cnc(Nc3ccc(N4CCN(CC(=O)NCCOCCOCCOCCOCCOCCNc5ccc(C(=O)Nc6ccccc6)c(C)c5)CC4)cn3)nc2n(C2CCCC2)c1=O. The second-order valence-electron chi connectivity index (χ2n) is 17.6. The van der Waals surface area contributed by atoms with E-state index < -0.39 is 0 Å². The van der Waals surface area contributed by atoms with Crippen molar-refractivity contribution >= 4 is 57.5 Å². The van der Waals surface area contributed by atoms with Crippen molar-refractivity contribution in [2.75, 3.05) is 133 Å². The molecule has 1 saturated carbocycles. The Labute approximate surface area is 415 Å². The number of para-hydroxylation sites is 1. The lowest BCUT2D eigenvalue weighted by Crippen LogP contribution is -2.49. The number of amides is 2. The smallest absolute Gasteiger partial charge is 0.263 e. The lowest BCUT2D eigenvalue weighted by Gasteiger charge is -2.35. The number of aromatic nitrogens is 4. The first kappa shape index (κ1) is 52.5. The molecule has 1 aliphatic heterocycles. The van der Waals surface area contributed by atoms with Gasteiger partial charge in [0.15, 0.2) is 5.78 Å². The van der Waals surface area contributed by atoms with E-state index in [0.717, 1.165) is 74.5 Å². The van der Waals surface area contributed by atoms with Gasteiger partial charge < -0.3 is 49.9 Å². The van der Waals surface area contributed by atoms with Crippen molar-refractivity contribution in [3.63, 3.8) is 0 Å². The third-order valence-corrected chi connectivity index (χ3v) is 12.5. The minimum Gasteiger partial charge on any atom is -0.383 e. The van der Waals surface area contributed by atoms with Gasteiger partial charge in [0.1, 0.15) is 11.5 Å². The average Bonchev–Trinajstić information content (AvgIpc) is 3.90. The van der Waals surface area contributed by atoms with Crippen LogP contribution in [0.3, 0.4) is 0 Å². The number of aryl methyl sites for hydroxylation is 2. The number of piperazine rings is 1. The van der Waals surface area contributed by atoms with E-state index in [4.69, 9.17) is 28.7 Å². The quantitative estimate of drug-likeness (QED) is 0.0357. The van der Waals surface area contributed by atoms with Crippen molar-refractivity contribution in [2.24, 2.45) is 0 Å². The van der Waals surface area contributed by atoms with Gasteiger partial charge in [-0.3, -0.25) is 28.6 Å². The molecule has 3 aromatic heterocycles. The summed E-state index contributed by atoms with van der Waals surface area (Å²) in [7, 11) is 0. The number of hydrogen-bond acceptors (Lipinski definition) is 16. The number of anilines is 5. The summed E-state index contributed by atoms with van der Waals surface area (Å²) in [6.45, 7) is 14.1. The van der Waals surface area contributed by atoms with Gasteiger partial charge in [-0.05, 0) is 87.2 Å². The molecule has 0 atom stereocenters. The highest BCUT2D eigenvalue weighted by molar-refractivity contribution is 6.05.